The fourth-order valence-electron chi connectivity index (χ4n) is 4.41. The van der Waals surface area contributed by atoms with Crippen molar-refractivity contribution in [2.75, 3.05) is 25.0 Å². The molecular formula is C27H43ClN4O3. The summed E-state index contributed by atoms with van der Waals surface area (Å²) in [5.74, 6) is -0.0698. The summed E-state index contributed by atoms with van der Waals surface area (Å²) < 4.78 is 0. The second-order valence-electron chi connectivity index (χ2n) is 9.72. The molecule has 0 saturated carbocycles. The number of carbonyl (C=O) groups excluding carboxylic acids is 3. The van der Waals surface area contributed by atoms with Crippen LogP contribution in [0.15, 0.2) is 24.3 Å². The number of amides is 4. The third kappa shape index (κ3) is 9.36. The Morgan fingerprint density at radius 3 is 2.46 bits per heavy atom. The first-order chi connectivity index (χ1) is 16.8. The summed E-state index contributed by atoms with van der Waals surface area (Å²) >= 11 is 6.01. The standard InChI is InChI=1S/C27H43ClN4O3/c1-5-7-8-9-10-11-15-24(33)30-25(20(3)6-2)26(34)31-16-17-32(21(4)19-31)27(35)29-23-14-12-13-22(28)18-23/h12-14,18,20-21,25H,5-11,15-17,19H2,1-4H3,(H,29,35)(H,30,33). The van der Waals surface area contributed by atoms with Gasteiger partial charge in [0.1, 0.15) is 6.04 Å². The Morgan fingerprint density at radius 1 is 1.09 bits per heavy atom. The summed E-state index contributed by atoms with van der Waals surface area (Å²) in [5.41, 5.74) is 0.637. The van der Waals surface area contributed by atoms with Crippen LogP contribution in [-0.2, 0) is 9.59 Å². The molecule has 1 heterocycles. The molecule has 35 heavy (non-hydrogen) atoms. The van der Waals surface area contributed by atoms with Crippen molar-refractivity contribution in [2.45, 2.75) is 91.1 Å². The van der Waals surface area contributed by atoms with E-state index in [1.54, 1.807) is 34.1 Å². The monoisotopic (exact) mass is 506 g/mol. The highest BCUT2D eigenvalue weighted by molar-refractivity contribution is 6.30. The molecule has 7 nitrogen and oxygen atoms in total. The van der Waals surface area contributed by atoms with Crippen LogP contribution in [0.3, 0.4) is 0 Å². The smallest absolute Gasteiger partial charge is 0.322 e. The number of nitrogens with one attached hydrogen (secondary N) is 2. The molecule has 1 aliphatic heterocycles. The molecule has 1 aliphatic rings. The summed E-state index contributed by atoms with van der Waals surface area (Å²) in [6, 6.07) is 6.14. The van der Waals surface area contributed by atoms with Crippen LogP contribution < -0.4 is 10.6 Å². The molecule has 2 N–H and O–H groups in total. The summed E-state index contributed by atoms with van der Waals surface area (Å²) in [4.78, 5) is 42.3. The number of hydrogen-bond donors (Lipinski definition) is 2. The van der Waals surface area contributed by atoms with Crippen LogP contribution in [0.1, 0.15) is 79.1 Å². The Bertz CT molecular complexity index is 834. The normalized spacial score (nSPS) is 17.6. The van der Waals surface area contributed by atoms with Crippen LogP contribution >= 0.6 is 11.6 Å². The van der Waals surface area contributed by atoms with Crippen molar-refractivity contribution in [3.63, 3.8) is 0 Å². The Balaban J connectivity index is 1.89. The van der Waals surface area contributed by atoms with Crippen LogP contribution in [-0.4, -0.2) is 59.4 Å². The van der Waals surface area contributed by atoms with E-state index in [1.807, 2.05) is 20.8 Å². The molecule has 0 aliphatic carbocycles. The van der Waals surface area contributed by atoms with Gasteiger partial charge in [0.2, 0.25) is 11.8 Å². The molecule has 4 amide bonds. The van der Waals surface area contributed by atoms with Crippen molar-refractivity contribution in [1.29, 1.82) is 0 Å². The highest BCUT2D eigenvalue weighted by Crippen LogP contribution is 2.19. The number of benzene rings is 1. The van der Waals surface area contributed by atoms with Gasteiger partial charge in [0.05, 0.1) is 0 Å². The highest BCUT2D eigenvalue weighted by atomic mass is 35.5. The zero-order valence-corrected chi connectivity index (χ0v) is 22.6. The number of carbonyl (C=O) groups is 3. The first-order valence-corrected chi connectivity index (χ1v) is 13.6. The van der Waals surface area contributed by atoms with Gasteiger partial charge in [0.25, 0.3) is 0 Å². The van der Waals surface area contributed by atoms with E-state index in [2.05, 4.69) is 17.6 Å². The van der Waals surface area contributed by atoms with E-state index in [9.17, 15) is 14.4 Å². The second-order valence-corrected chi connectivity index (χ2v) is 10.2. The van der Waals surface area contributed by atoms with Gasteiger partial charge in [-0.1, -0.05) is 77.0 Å². The molecular weight excluding hydrogens is 464 g/mol. The first kappa shape index (κ1) is 29.0. The summed E-state index contributed by atoms with van der Waals surface area (Å²) in [5, 5.41) is 6.46. The summed E-state index contributed by atoms with van der Waals surface area (Å²) in [6.07, 6.45) is 7.98. The van der Waals surface area contributed by atoms with Crippen molar-refractivity contribution >= 4 is 35.1 Å². The van der Waals surface area contributed by atoms with Crippen LogP contribution in [0.2, 0.25) is 5.02 Å². The average Bonchev–Trinajstić information content (AvgIpc) is 2.83. The maximum absolute atomic E-state index is 13.4. The number of piperazine rings is 1. The number of rotatable bonds is 12. The minimum absolute atomic E-state index is 0.0375. The van der Waals surface area contributed by atoms with Gasteiger partial charge in [-0.05, 0) is 37.5 Å². The van der Waals surface area contributed by atoms with E-state index in [0.717, 1.165) is 25.7 Å². The van der Waals surface area contributed by atoms with Crippen molar-refractivity contribution in [3.05, 3.63) is 29.3 Å². The Hall–Kier alpha value is -2.28. The van der Waals surface area contributed by atoms with Crippen molar-refractivity contribution < 1.29 is 14.4 Å². The molecule has 1 aromatic carbocycles. The fraction of sp³-hybridized carbons (Fsp3) is 0.667. The number of anilines is 1. The molecule has 0 radical (unpaired) electrons. The Morgan fingerprint density at radius 2 is 1.80 bits per heavy atom. The molecule has 3 unspecified atom stereocenters. The molecule has 0 aromatic heterocycles. The van der Waals surface area contributed by atoms with Crippen LogP contribution in [0.5, 0.6) is 0 Å². The quantitative estimate of drug-likeness (QED) is 0.357. The minimum atomic E-state index is -0.536. The number of unbranched alkanes of at least 4 members (excludes halogenated alkanes) is 5. The van der Waals surface area contributed by atoms with Gasteiger partial charge >= 0.3 is 6.03 Å². The maximum atomic E-state index is 13.4. The van der Waals surface area contributed by atoms with E-state index < -0.39 is 6.04 Å². The topological polar surface area (TPSA) is 81.8 Å². The lowest BCUT2D eigenvalue weighted by Crippen LogP contribution is -2.60. The molecule has 0 spiro atoms. The lowest BCUT2D eigenvalue weighted by Gasteiger charge is -2.41. The zero-order valence-electron chi connectivity index (χ0n) is 21.8. The summed E-state index contributed by atoms with van der Waals surface area (Å²) in [7, 11) is 0. The van der Waals surface area contributed by atoms with Crippen molar-refractivity contribution in [3.8, 4) is 0 Å². The molecule has 1 fully saturated rings. The van der Waals surface area contributed by atoms with Gasteiger partial charge in [0.15, 0.2) is 0 Å². The van der Waals surface area contributed by atoms with Crippen LogP contribution in [0, 0.1) is 5.92 Å². The average molecular weight is 507 g/mol. The third-order valence-electron chi connectivity index (χ3n) is 6.83. The molecule has 2 rings (SSSR count). The van der Waals surface area contributed by atoms with Gasteiger partial charge in [-0.2, -0.15) is 0 Å². The van der Waals surface area contributed by atoms with Gasteiger partial charge in [-0.15, -0.1) is 0 Å². The predicted octanol–water partition coefficient (Wildman–Crippen LogP) is 5.69. The second kappa shape index (κ2) is 15.0. The van der Waals surface area contributed by atoms with Gasteiger partial charge in [-0.3, -0.25) is 9.59 Å². The van der Waals surface area contributed by atoms with Crippen LogP contribution in [0.25, 0.3) is 0 Å². The molecule has 3 atom stereocenters. The fourth-order valence-corrected chi connectivity index (χ4v) is 4.60. The largest absolute Gasteiger partial charge is 0.344 e. The number of halogens is 1. The highest BCUT2D eigenvalue weighted by Gasteiger charge is 2.35. The van der Waals surface area contributed by atoms with Gasteiger partial charge in [0, 0.05) is 42.8 Å². The predicted molar refractivity (Wildman–Crippen MR) is 143 cm³/mol. The van der Waals surface area contributed by atoms with E-state index in [0.29, 0.717) is 36.8 Å². The number of urea groups is 1. The van der Waals surface area contributed by atoms with Gasteiger partial charge < -0.3 is 20.4 Å². The SMILES string of the molecule is CCCCCCCCC(=O)NC(C(=O)N1CCN(C(=O)Nc2cccc(Cl)c2)C(C)C1)C(C)CC. The van der Waals surface area contributed by atoms with Gasteiger partial charge in [-0.25, -0.2) is 4.79 Å². The summed E-state index contributed by atoms with van der Waals surface area (Å²) in [6.45, 7) is 9.46. The van der Waals surface area contributed by atoms with Crippen LogP contribution in [0.4, 0.5) is 10.5 Å². The van der Waals surface area contributed by atoms with E-state index in [1.165, 1.54) is 19.3 Å². The molecule has 0 bridgehead atoms. The Kier molecular flexibility index (Phi) is 12.4. The minimum Gasteiger partial charge on any atom is -0.344 e. The molecule has 8 heteroatoms. The molecule has 1 saturated heterocycles. The number of hydrogen-bond acceptors (Lipinski definition) is 3. The van der Waals surface area contributed by atoms with E-state index >= 15 is 0 Å². The third-order valence-corrected chi connectivity index (χ3v) is 7.06. The zero-order chi connectivity index (χ0) is 25.8. The molecule has 1 aromatic rings. The first-order valence-electron chi connectivity index (χ1n) is 13.2. The maximum Gasteiger partial charge on any atom is 0.322 e. The Labute approximate surface area is 215 Å². The number of nitrogens with zero attached hydrogens (tertiary/aromatic N) is 2. The molecule has 196 valence electrons. The lowest BCUT2D eigenvalue weighted by atomic mass is 9.96. The lowest BCUT2D eigenvalue weighted by molar-refractivity contribution is -0.139. The van der Waals surface area contributed by atoms with Crippen molar-refractivity contribution in [2.24, 2.45) is 5.92 Å². The van der Waals surface area contributed by atoms with E-state index in [4.69, 9.17) is 11.6 Å². The van der Waals surface area contributed by atoms with E-state index in [-0.39, 0.29) is 29.8 Å². The van der Waals surface area contributed by atoms with Crippen molar-refractivity contribution in [1.82, 2.24) is 15.1 Å².